The number of halogens is 2. The van der Waals surface area contributed by atoms with Gasteiger partial charge in [0.05, 0.1) is 0 Å². The predicted octanol–water partition coefficient (Wildman–Crippen LogP) is -5.70. The van der Waals surface area contributed by atoms with Crippen molar-refractivity contribution in [3.05, 3.63) is 60.2 Å². The fraction of sp³-hybridized carbons (Fsp3) is 0.333. The normalized spacial score (nSPS) is 8.77. The van der Waals surface area contributed by atoms with Crippen molar-refractivity contribution >= 4 is 11.8 Å². The number of pyridine rings is 2. The molecule has 0 aliphatic heterocycles. The summed E-state index contributed by atoms with van der Waals surface area (Å²) >= 11 is 0. The Morgan fingerprint density at radius 3 is 1.23 bits per heavy atom. The summed E-state index contributed by atoms with van der Waals surface area (Å²) in [7, 11) is 3.92. The van der Waals surface area contributed by atoms with Crippen LogP contribution in [0.1, 0.15) is 25.0 Å². The Kier molecular flexibility index (Phi) is 15.4. The molecule has 0 unspecified atom stereocenters. The average Bonchev–Trinajstić information content (AvgIpc) is 2.54. The molecule has 2 aromatic heterocycles. The van der Waals surface area contributed by atoms with Crippen LogP contribution in [0.25, 0.3) is 0 Å². The number of hydrogen-bond acceptors (Lipinski definition) is 2. The Bertz CT molecular complexity index is 602. The van der Waals surface area contributed by atoms with Gasteiger partial charge >= 0.3 is 0 Å². The quantitative estimate of drug-likeness (QED) is 0.278. The van der Waals surface area contributed by atoms with E-state index >= 15 is 0 Å². The highest BCUT2D eigenvalue weighted by atomic mass is 127. The SMILES string of the molecule is CC(=O)NCc1cc[n+](C)cc1.CC(=O)NCc1cc[n+](C)cc1.[I-].[I-]. The second kappa shape index (κ2) is 14.8. The van der Waals surface area contributed by atoms with Crippen LogP contribution in [0.3, 0.4) is 0 Å². The molecule has 0 saturated heterocycles. The fourth-order valence-electron chi connectivity index (χ4n) is 1.75. The van der Waals surface area contributed by atoms with Gasteiger partial charge in [0.25, 0.3) is 0 Å². The van der Waals surface area contributed by atoms with Gasteiger partial charge in [-0.15, -0.1) is 0 Å². The van der Waals surface area contributed by atoms with Crippen LogP contribution in [0, 0.1) is 0 Å². The lowest BCUT2D eigenvalue weighted by molar-refractivity contribution is -0.671. The molecule has 0 aliphatic rings. The van der Waals surface area contributed by atoms with Gasteiger partial charge in [0.15, 0.2) is 24.8 Å². The number of amides is 2. The zero-order valence-electron chi connectivity index (χ0n) is 15.5. The minimum absolute atomic E-state index is 0. The van der Waals surface area contributed by atoms with Crippen LogP contribution < -0.4 is 67.7 Å². The highest BCUT2D eigenvalue weighted by Crippen LogP contribution is 1.93. The predicted molar refractivity (Wildman–Crippen MR) is 90.3 cm³/mol. The van der Waals surface area contributed by atoms with E-state index in [2.05, 4.69) is 10.6 Å². The third-order valence-corrected chi connectivity index (χ3v) is 3.18. The van der Waals surface area contributed by atoms with Crippen LogP contribution in [-0.2, 0) is 36.8 Å². The van der Waals surface area contributed by atoms with Crippen molar-refractivity contribution in [1.82, 2.24) is 10.6 Å². The molecule has 2 amide bonds. The first kappa shape index (κ1) is 26.9. The van der Waals surface area contributed by atoms with Crippen molar-refractivity contribution in [3.63, 3.8) is 0 Å². The lowest BCUT2D eigenvalue weighted by atomic mass is 10.3. The maximum absolute atomic E-state index is 10.6. The molecule has 2 rings (SSSR count). The number of carbonyl (C=O) groups is 2. The molecule has 0 aromatic carbocycles. The molecule has 0 spiro atoms. The van der Waals surface area contributed by atoms with Gasteiger partial charge in [0.1, 0.15) is 14.1 Å². The Morgan fingerprint density at radius 2 is 1.00 bits per heavy atom. The Morgan fingerprint density at radius 1 is 0.731 bits per heavy atom. The maximum Gasteiger partial charge on any atom is 0.217 e. The van der Waals surface area contributed by atoms with Crippen LogP contribution in [0.4, 0.5) is 0 Å². The van der Waals surface area contributed by atoms with Crippen molar-refractivity contribution in [2.75, 3.05) is 0 Å². The van der Waals surface area contributed by atoms with E-state index in [1.165, 1.54) is 13.8 Å². The number of hydrogen-bond donors (Lipinski definition) is 2. The van der Waals surface area contributed by atoms with Crippen molar-refractivity contribution < 1.29 is 66.7 Å². The molecule has 0 aliphatic carbocycles. The summed E-state index contributed by atoms with van der Waals surface area (Å²) in [6.07, 6.45) is 7.82. The number of carbonyl (C=O) groups excluding carboxylic acids is 2. The molecule has 0 bridgehead atoms. The highest BCUT2D eigenvalue weighted by molar-refractivity contribution is 5.73. The second-order valence-electron chi connectivity index (χ2n) is 5.56. The van der Waals surface area contributed by atoms with Gasteiger partial charge in [0, 0.05) is 51.2 Å². The molecular formula is C18H26I2N4O2. The van der Waals surface area contributed by atoms with Crippen LogP contribution in [0.2, 0.25) is 0 Å². The van der Waals surface area contributed by atoms with Gasteiger partial charge in [-0.2, -0.15) is 0 Å². The molecule has 0 saturated carbocycles. The summed E-state index contributed by atoms with van der Waals surface area (Å²) in [6.45, 7) is 4.25. The van der Waals surface area contributed by atoms with Crippen LogP contribution in [-0.4, -0.2) is 11.8 Å². The van der Waals surface area contributed by atoms with E-state index in [0.717, 1.165) is 11.1 Å². The number of aromatic nitrogens is 2. The molecule has 6 nitrogen and oxygen atoms in total. The topological polar surface area (TPSA) is 66.0 Å². The van der Waals surface area contributed by atoms with Crippen molar-refractivity contribution in [3.8, 4) is 0 Å². The van der Waals surface area contributed by atoms with Crippen LogP contribution in [0.15, 0.2) is 49.1 Å². The zero-order valence-corrected chi connectivity index (χ0v) is 19.8. The second-order valence-corrected chi connectivity index (χ2v) is 5.56. The molecule has 0 fully saturated rings. The summed E-state index contributed by atoms with van der Waals surface area (Å²) in [5.41, 5.74) is 2.23. The summed E-state index contributed by atoms with van der Waals surface area (Å²) < 4.78 is 3.91. The van der Waals surface area contributed by atoms with Gasteiger partial charge < -0.3 is 58.6 Å². The molecule has 26 heavy (non-hydrogen) atoms. The van der Waals surface area contributed by atoms with E-state index in [1.54, 1.807) is 0 Å². The maximum atomic E-state index is 10.6. The minimum Gasteiger partial charge on any atom is -1.00 e. The lowest BCUT2D eigenvalue weighted by Crippen LogP contribution is -3.00. The van der Waals surface area contributed by atoms with E-state index in [4.69, 9.17) is 0 Å². The minimum atomic E-state index is 0. The molecule has 0 atom stereocenters. The van der Waals surface area contributed by atoms with Crippen LogP contribution >= 0.6 is 0 Å². The van der Waals surface area contributed by atoms with Gasteiger partial charge in [-0.05, 0) is 11.1 Å². The van der Waals surface area contributed by atoms with E-state index in [1.807, 2.05) is 72.3 Å². The van der Waals surface area contributed by atoms with Crippen molar-refractivity contribution in [2.24, 2.45) is 14.1 Å². The van der Waals surface area contributed by atoms with E-state index in [0.29, 0.717) is 13.1 Å². The number of aryl methyl sites for hydroxylation is 2. The van der Waals surface area contributed by atoms with Gasteiger partial charge in [-0.3, -0.25) is 9.59 Å². The first-order valence-corrected chi connectivity index (χ1v) is 7.74. The third kappa shape index (κ3) is 13.0. The Labute approximate surface area is 189 Å². The van der Waals surface area contributed by atoms with Crippen molar-refractivity contribution in [2.45, 2.75) is 26.9 Å². The molecule has 144 valence electrons. The molecule has 0 radical (unpaired) electrons. The van der Waals surface area contributed by atoms with Gasteiger partial charge in [-0.1, -0.05) is 0 Å². The Hall–Kier alpha value is -1.30. The highest BCUT2D eigenvalue weighted by Gasteiger charge is 1.97. The average molecular weight is 584 g/mol. The lowest BCUT2D eigenvalue weighted by Gasteiger charge is -1.99. The summed E-state index contributed by atoms with van der Waals surface area (Å²) in [4.78, 5) is 21.1. The molecule has 2 N–H and O–H groups in total. The van der Waals surface area contributed by atoms with Gasteiger partial charge in [-0.25, -0.2) is 9.13 Å². The van der Waals surface area contributed by atoms with Crippen LogP contribution in [0.5, 0.6) is 0 Å². The zero-order chi connectivity index (χ0) is 17.9. The number of nitrogens with zero attached hydrogens (tertiary/aromatic N) is 2. The number of nitrogens with one attached hydrogen (secondary N) is 2. The smallest absolute Gasteiger partial charge is 0.217 e. The van der Waals surface area contributed by atoms with E-state index in [-0.39, 0.29) is 59.8 Å². The molecule has 2 aromatic rings. The standard InChI is InChI=1S/2C9H12N2O.2HI/c2*1-8(12)10-7-9-3-5-11(2)6-4-9;;/h2*3-6H,7H2,1-2H3;2*1H. The summed E-state index contributed by atoms with van der Waals surface area (Å²) in [5, 5.41) is 5.47. The third-order valence-electron chi connectivity index (χ3n) is 3.18. The number of rotatable bonds is 4. The van der Waals surface area contributed by atoms with Gasteiger partial charge in [0.2, 0.25) is 11.8 Å². The molecular weight excluding hydrogens is 558 g/mol. The molecule has 2 heterocycles. The summed E-state index contributed by atoms with van der Waals surface area (Å²) in [6, 6.07) is 7.93. The van der Waals surface area contributed by atoms with Crippen molar-refractivity contribution in [1.29, 1.82) is 0 Å². The monoisotopic (exact) mass is 584 g/mol. The summed E-state index contributed by atoms with van der Waals surface area (Å²) in [5.74, 6) is 0.00598. The first-order chi connectivity index (χ1) is 11.4. The fourth-order valence-corrected chi connectivity index (χ4v) is 1.75. The van der Waals surface area contributed by atoms with E-state index < -0.39 is 0 Å². The Balaban J connectivity index is 0. The van der Waals surface area contributed by atoms with E-state index in [9.17, 15) is 9.59 Å². The first-order valence-electron chi connectivity index (χ1n) is 7.74. The largest absolute Gasteiger partial charge is 1.00 e. The molecule has 8 heteroatoms.